The maximum absolute atomic E-state index is 15.0. The number of pyridine rings is 1. The maximum Gasteiger partial charge on any atom is 0.333 e. The average molecular weight is 908 g/mol. The van der Waals surface area contributed by atoms with Gasteiger partial charge in [-0.15, -0.1) is 0 Å². The predicted octanol–water partition coefficient (Wildman–Crippen LogP) is 10.1. The van der Waals surface area contributed by atoms with Gasteiger partial charge >= 0.3 is 11.9 Å². The van der Waals surface area contributed by atoms with Crippen molar-refractivity contribution in [2.24, 2.45) is 0 Å². The van der Waals surface area contributed by atoms with Crippen LogP contribution in [0.5, 0.6) is 0 Å². The Bertz CT molecular complexity index is 3460. The summed E-state index contributed by atoms with van der Waals surface area (Å²) in [5.74, 6) is -1.98. The van der Waals surface area contributed by atoms with Crippen molar-refractivity contribution in [1.29, 1.82) is 0 Å². The number of carbonyl (C=O) groups excluding carboxylic acids is 2. The van der Waals surface area contributed by atoms with E-state index in [1.54, 1.807) is 31.9 Å². The number of halogens is 2. The molecule has 0 aliphatic rings. The SMILES string of the molecule is Cc1c(Cc2cn(Cc3ccccc3)c(=O)c3ccccc23)c2cc(F)ccc2n1CC(=O)OC(=O)Cn1c(C)c(Cc2nn(Cc3ccccc3)c(=O)c3ccccc23)c2cc(Cl)ccc21. The molecule has 0 amide bonds. The van der Waals surface area contributed by atoms with E-state index in [4.69, 9.17) is 21.4 Å². The van der Waals surface area contributed by atoms with Gasteiger partial charge in [-0.05, 0) is 95.6 Å². The lowest BCUT2D eigenvalue weighted by atomic mass is 9.98. The molecular formula is C55H43ClFN5O5. The van der Waals surface area contributed by atoms with E-state index < -0.39 is 17.8 Å². The van der Waals surface area contributed by atoms with Crippen LogP contribution in [0.4, 0.5) is 4.39 Å². The number of esters is 2. The highest BCUT2D eigenvalue weighted by atomic mass is 35.5. The smallest absolute Gasteiger partial charge is 0.333 e. The number of hydrogen-bond donors (Lipinski definition) is 0. The van der Waals surface area contributed by atoms with Gasteiger partial charge in [0.25, 0.3) is 11.1 Å². The van der Waals surface area contributed by atoms with Crippen LogP contribution in [-0.2, 0) is 53.3 Å². The Morgan fingerprint density at radius 2 is 1.10 bits per heavy atom. The summed E-state index contributed by atoms with van der Waals surface area (Å²) >= 11 is 6.57. The second-order valence-electron chi connectivity index (χ2n) is 16.9. The fourth-order valence-electron chi connectivity index (χ4n) is 9.47. The number of aromatic nitrogens is 5. The highest BCUT2D eigenvalue weighted by Crippen LogP contribution is 2.33. The summed E-state index contributed by atoms with van der Waals surface area (Å²) < 4.78 is 27.3. The molecule has 10 rings (SSSR count). The standard InChI is InChI=1S/C55H43ClFN5O5/c1-34-45(25-38-31-59(29-36-13-5-3-6-14-36)54(65)43-19-11-9-17-41(38)43)48-27-40(57)22-24-51(48)60(34)32-52(63)67-53(64)33-61-35(2)46(47-26-39(56)21-23-50(47)61)28-49-42-18-10-12-20-44(42)55(66)62(58-49)30-37-15-7-4-8-16-37/h3-24,26-27,31H,25,28-30,32-33H2,1-2H3. The number of nitrogens with zero attached hydrogens (tertiary/aromatic N) is 5. The minimum atomic E-state index is -0.781. The number of benzene rings is 6. The number of hydrogen-bond acceptors (Lipinski definition) is 6. The van der Waals surface area contributed by atoms with Crippen molar-refractivity contribution in [1.82, 2.24) is 23.5 Å². The number of ether oxygens (including phenoxy) is 1. The number of rotatable bonds is 12. The summed E-state index contributed by atoms with van der Waals surface area (Å²) in [4.78, 5) is 54.9. The largest absolute Gasteiger partial charge is 0.390 e. The van der Waals surface area contributed by atoms with Crippen molar-refractivity contribution in [3.8, 4) is 0 Å². The number of carbonyl (C=O) groups is 2. The lowest BCUT2D eigenvalue weighted by molar-refractivity contribution is -0.160. The highest BCUT2D eigenvalue weighted by Gasteiger charge is 2.24. The first kappa shape index (κ1) is 43.0. The minimum absolute atomic E-state index is 0.114. The zero-order chi connectivity index (χ0) is 46.3. The molecule has 4 aromatic heterocycles. The van der Waals surface area contributed by atoms with Gasteiger partial charge in [0.05, 0.1) is 24.2 Å². The van der Waals surface area contributed by atoms with Gasteiger partial charge in [0, 0.05) is 68.0 Å². The summed E-state index contributed by atoms with van der Waals surface area (Å²) in [7, 11) is 0. The van der Waals surface area contributed by atoms with Crippen LogP contribution in [0.3, 0.4) is 0 Å². The molecule has 6 aromatic carbocycles. The van der Waals surface area contributed by atoms with Gasteiger partial charge in [0.2, 0.25) is 0 Å². The van der Waals surface area contributed by atoms with Crippen LogP contribution in [0, 0.1) is 19.7 Å². The van der Waals surface area contributed by atoms with E-state index in [1.807, 2.05) is 135 Å². The van der Waals surface area contributed by atoms with Gasteiger partial charge in [0.15, 0.2) is 0 Å². The van der Waals surface area contributed by atoms with Crippen molar-refractivity contribution in [2.45, 2.75) is 52.9 Å². The lowest BCUT2D eigenvalue weighted by Gasteiger charge is -2.14. The molecule has 67 heavy (non-hydrogen) atoms. The van der Waals surface area contributed by atoms with E-state index in [1.165, 1.54) is 16.8 Å². The summed E-state index contributed by atoms with van der Waals surface area (Å²) in [6.45, 7) is 3.84. The molecule has 0 aliphatic carbocycles. The summed E-state index contributed by atoms with van der Waals surface area (Å²) in [5, 5.41) is 9.44. The van der Waals surface area contributed by atoms with Gasteiger partial charge in [-0.1, -0.05) is 109 Å². The van der Waals surface area contributed by atoms with E-state index >= 15 is 4.39 Å². The van der Waals surface area contributed by atoms with Crippen LogP contribution < -0.4 is 11.1 Å². The van der Waals surface area contributed by atoms with Gasteiger partial charge < -0.3 is 18.4 Å². The van der Waals surface area contributed by atoms with Crippen molar-refractivity contribution in [2.75, 3.05) is 0 Å². The van der Waals surface area contributed by atoms with Gasteiger partial charge in [0.1, 0.15) is 18.9 Å². The first-order valence-corrected chi connectivity index (χ1v) is 22.3. The molecule has 0 bridgehead atoms. The molecule has 0 saturated heterocycles. The molecule has 0 unspecified atom stereocenters. The molecule has 0 aliphatic heterocycles. The predicted molar refractivity (Wildman–Crippen MR) is 260 cm³/mol. The normalized spacial score (nSPS) is 11.6. The Labute approximate surface area is 388 Å². The molecular weight excluding hydrogens is 865 g/mol. The molecule has 332 valence electrons. The van der Waals surface area contributed by atoms with E-state index in [0.29, 0.717) is 69.5 Å². The van der Waals surface area contributed by atoms with E-state index in [9.17, 15) is 19.2 Å². The summed E-state index contributed by atoms with van der Waals surface area (Å²) in [6.07, 6.45) is 2.53. The third-order valence-electron chi connectivity index (χ3n) is 12.7. The number of fused-ring (bicyclic) bond motifs is 4. The second-order valence-corrected chi connectivity index (χ2v) is 17.3. The van der Waals surface area contributed by atoms with Gasteiger partial charge in [-0.2, -0.15) is 5.10 Å². The van der Waals surface area contributed by atoms with Crippen LogP contribution in [0.15, 0.2) is 161 Å². The maximum atomic E-state index is 15.0. The second kappa shape index (κ2) is 17.8. The third-order valence-corrected chi connectivity index (χ3v) is 13.0. The van der Waals surface area contributed by atoms with Crippen molar-refractivity contribution < 1.29 is 18.7 Å². The van der Waals surface area contributed by atoms with Crippen LogP contribution in [0.2, 0.25) is 5.02 Å². The fraction of sp³-hybridized carbons (Fsp3) is 0.145. The Kier molecular flexibility index (Phi) is 11.4. The van der Waals surface area contributed by atoms with Gasteiger partial charge in [-0.25, -0.2) is 18.7 Å². The first-order chi connectivity index (χ1) is 32.5. The average Bonchev–Trinajstić information content (AvgIpc) is 3.72. The molecule has 10 nitrogen and oxygen atoms in total. The zero-order valence-electron chi connectivity index (χ0n) is 36.7. The lowest BCUT2D eigenvalue weighted by Crippen LogP contribution is -2.25. The van der Waals surface area contributed by atoms with Crippen LogP contribution in [-0.4, -0.2) is 35.4 Å². The van der Waals surface area contributed by atoms with Crippen molar-refractivity contribution in [3.05, 3.63) is 228 Å². The van der Waals surface area contributed by atoms with Crippen molar-refractivity contribution >= 4 is 66.9 Å². The van der Waals surface area contributed by atoms with Crippen LogP contribution >= 0.6 is 11.6 Å². The van der Waals surface area contributed by atoms with E-state index in [2.05, 4.69) is 0 Å². The topological polar surface area (TPSA) is 110 Å². The molecule has 4 heterocycles. The third kappa shape index (κ3) is 8.34. The molecule has 0 fully saturated rings. The van der Waals surface area contributed by atoms with Crippen LogP contribution in [0.1, 0.15) is 44.9 Å². The van der Waals surface area contributed by atoms with Crippen LogP contribution in [0.25, 0.3) is 43.4 Å². The quantitative estimate of drug-likeness (QED) is 0.0892. The zero-order valence-corrected chi connectivity index (χ0v) is 37.5. The summed E-state index contributed by atoms with van der Waals surface area (Å²) in [6, 6.07) is 44.1. The molecule has 0 atom stereocenters. The Morgan fingerprint density at radius 3 is 1.75 bits per heavy atom. The fourth-order valence-corrected chi connectivity index (χ4v) is 9.64. The Balaban J connectivity index is 0.936. The molecule has 0 saturated carbocycles. The molecule has 0 spiro atoms. The Hall–Kier alpha value is -7.89. The molecule has 12 heteroatoms. The molecule has 0 radical (unpaired) electrons. The van der Waals surface area contributed by atoms with E-state index in [0.717, 1.165) is 49.7 Å². The van der Waals surface area contributed by atoms with E-state index in [-0.39, 0.29) is 24.2 Å². The minimum Gasteiger partial charge on any atom is -0.390 e. The monoisotopic (exact) mass is 907 g/mol. The highest BCUT2D eigenvalue weighted by molar-refractivity contribution is 6.31. The van der Waals surface area contributed by atoms with Gasteiger partial charge in [-0.3, -0.25) is 9.59 Å². The Morgan fingerprint density at radius 1 is 0.582 bits per heavy atom. The molecule has 10 aromatic rings. The molecule has 0 N–H and O–H groups in total. The van der Waals surface area contributed by atoms with Crippen molar-refractivity contribution in [3.63, 3.8) is 0 Å². The summed E-state index contributed by atoms with van der Waals surface area (Å²) in [5.41, 5.74) is 7.54. The first-order valence-electron chi connectivity index (χ1n) is 22.0.